The summed E-state index contributed by atoms with van der Waals surface area (Å²) in [5.74, 6) is -0.275. The normalized spacial score (nSPS) is 13.4. The topological polar surface area (TPSA) is 93.1 Å². The number of sulfonamides is 1. The van der Waals surface area contributed by atoms with Crippen LogP contribution >= 0.6 is 0 Å². The average Bonchev–Trinajstić information content (AvgIpc) is 3.07. The van der Waals surface area contributed by atoms with Gasteiger partial charge in [-0.1, -0.05) is 13.0 Å². The molecule has 1 heterocycles. The fourth-order valence-electron chi connectivity index (χ4n) is 2.21. The van der Waals surface area contributed by atoms with Gasteiger partial charge in [0.05, 0.1) is 29.2 Å². The Morgan fingerprint density at radius 3 is 2.63 bits per heavy atom. The lowest BCUT2D eigenvalue weighted by atomic mass is 10.2. The Bertz CT molecular complexity index is 910. The van der Waals surface area contributed by atoms with Gasteiger partial charge in [-0.25, -0.2) is 17.8 Å². The van der Waals surface area contributed by atoms with Crippen LogP contribution in [0, 0.1) is 0 Å². The smallest absolute Gasteiger partial charge is 0.310 e. The molecule has 7 nitrogen and oxygen atoms in total. The SMILES string of the molecule is CCC(C)n1nccc1NC(=O)CNS(=O)(=O)c1cccc(C(F)(F)F)c1. The molecular formula is C16H19F3N4O3S. The predicted molar refractivity (Wildman–Crippen MR) is 92.5 cm³/mol. The number of nitrogens with zero attached hydrogens (tertiary/aromatic N) is 2. The van der Waals surface area contributed by atoms with Crippen LogP contribution in [0.3, 0.4) is 0 Å². The number of benzene rings is 1. The minimum absolute atomic E-state index is 0.0251. The molecule has 148 valence electrons. The van der Waals surface area contributed by atoms with Gasteiger partial charge in [-0.2, -0.15) is 18.3 Å². The molecule has 0 aliphatic rings. The fourth-order valence-corrected chi connectivity index (χ4v) is 3.24. The summed E-state index contributed by atoms with van der Waals surface area (Å²) in [6.07, 6.45) is -2.40. The third-order valence-electron chi connectivity index (χ3n) is 3.84. The molecule has 0 bridgehead atoms. The van der Waals surface area contributed by atoms with E-state index in [1.807, 2.05) is 18.6 Å². The Labute approximate surface area is 154 Å². The second kappa shape index (κ2) is 8.09. The van der Waals surface area contributed by atoms with E-state index in [4.69, 9.17) is 0 Å². The standard InChI is InChI=1S/C16H19F3N4O3S/c1-3-11(2)23-14(7-8-20-23)22-15(24)10-21-27(25,26)13-6-4-5-12(9-13)16(17,18)19/h4-9,11,21H,3,10H2,1-2H3,(H,22,24). The Kier molecular flexibility index (Phi) is 6.26. The van der Waals surface area contributed by atoms with Crippen molar-refractivity contribution in [3.8, 4) is 0 Å². The zero-order valence-corrected chi connectivity index (χ0v) is 15.4. The molecular weight excluding hydrogens is 385 g/mol. The first-order valence-electron chi connectivity index (χ1n) is 8.05. The van der Waals surface area contributed by atoms with Crippen molar-refractivity contribution in [3.05, 3.63) is 42.1 Å². The van der Waals surface area contributed by atoms with Gasteiger partial charge in [-0.05, 0) is 31.5 Å². The highest BCUT2D eigenvalue weighted by atomic mass is 32.2. The number of carbonyl (C=O) groups is 1. The molecule has 2 N–H and O–H groups in total. The van der Waals surface area contributed by atoms with Crippen molar-refractivity contribution in [2.24, 2.45) is 0 Å². The van der Waals surface area contributed by atoms with E-state index < -0.39 is 39.1 Å². The van der Waals surface area contributed by atoms with E-state index in [1.54, 1.807) is 10.7 Å². The lowest BCUT2D eigenvalue weighted by Gasteiger charge is -2.14. The Morgan fingerprint density at radius 1 is 1.30 bits per heavy atom. The van der Waals surface area contributed by atoms with Gasteiger partial charge in [0.1, 0.15) is 5.82 Å². The molecule has 0 saturated carbocycles. The van der Waals surface area contributed by atoms with Gasteiger partial charge in [0.2, 0.25) is 15.9 Å². The highest BCUT2D eigenvalue weighted by Gasteiger charge is 2.31. The van der Waals surface area contributed by atoms with Gasteiger partial charge in [0, 0.05) is 6.07 Å². The first-order chi connectivity index (χ1) is 12.5. The van der Waals surface area contributed by atoms with Crippen LogP contribution in [-0.4, -0.2) is 30.7 Å². The molecule has 0 aliphatic heterocycles. The number of alkyl halides is 3. The van der Waals surface area contributed by atoms with E-state index in [0.717, 1.165) is 24.6 Å². The number of nitrogens with one attached hydrogen (secondary N) is 2. The van der Waals surface area contributed by atoms with Crippen LogP contribution in [0.25, 0.3) is 0 Å². The molecule has 1 amide bonds. The van der Waals surface area contributed by atoms with E-state index in [2.05, 4.69) is 10.4 Å². The molecule has 0 fully saturated rings. The molecule has 1 atom stereocenters. The highest BCUT2D eigenvalue weighted by Crippen LogP contribution is 2.30. The summed E-state index contributed by atoms with van der Waals surface area (Å²) in [6.45, 7) is 3.21. The van der Waals surface area contributed by atoms with Crippen LogP contribution in [0.4, 0.5) is 19.0 Å². The summed E-state index contributed by atoms with van der Waals surface area (Å²) in [5.41, 5.74) is -1.09. The first kappa shape index (κ1) is 20.9. The number of aromatic nitrogens is 2. The molecule has 0 spiro atoms. The summed E-state index contributed by atoms with van der Waals surface area (Å²) in [4.78, 5) is 11.4. The van der Waals surface area contributed by atoms with Crippen LogP contribution in [0.15, 0.2) is 41.4 Å². The van der Waals surface area contributed by atoms with Crippen molar-refractivity contribution in [1.82, 2.24) is 14.5 Å². The number of hydrogen-bond donors (Lipinski definition) is 2. The molecule has 1 unspecified atom stereocenters. The molecule has 2 aromatic rings. The van der Waals surface area contributed by atoms with Gasteiger partial charge in [0.15, 0.2) is 0 Å². The third kappa shape index (κ3) is 5.30. The van der Waals surface area contributed by atoms with Crippen molar-refractivity contribution in [3.63, 3.8) is 0 Å². The number of carbonyl (C=O) groups excluding carboxylic acids is 1. The zero-order chi connectivity index (χ0) is 20.2. The number of amides is 1. The molecule has 0 saturated heterocycles. The van der Waals surface area contributed by atoms with Crippen LogP contribution in [0.1, 0.15) is 31.9 Å². The predicted octanol–water partition coefficient (Wildman–Crippen LogP) is 2.79. The monoisotopic (exact) mass is 404 g/mol. The molecule has 0 radical (unpaired) electrons. The Balaban J connectivity index is 2.05. The van der Waals surface area contributed by atoms with Crippen molar-refractivity contribution in [1.29, 1.82) is 0 Å². The van der Waals surface area contributed by atoms with Gasteiger partial charge in [-0.3, -0.25) is 4.79 Å². The van der Waals surface area contributed by atoms with E-state index in [0.29, 0.717) is 11.9 Å². The van der Waals surface area contributed by atoms with E-state index in [1.165, 1.54) is 6.20 Å². The van der Waals surface area contributed by atoms with E-state index >= 15 is 0 Å². The molecule has 27 heavy (non-hydrogen) atoms. The Hall–Kier alpha value is -2.40. The fraction of sp³-hybridized carbons (Fsp3) is 0.375. The van der Waals surface area contributed by atoms with Crippen LogP contribution in [0.2, 0.25) is 0 Å². The lowest BCUT2D eigenvalue weighted by molar-refractivity contribution is -0.137. The molecule has 11 heteroatoms. The largest absolute Gasteiger partial charge is 0.416 e. The second-order valence-corrected chi connectivity index (χ2v) is 7.58. The molecule has 1 aromatic carbocycles. The summed E-state index contributed by atoms with van der Waals surface area (Å²) < 4.78 is 66.1. The zero-order valence-electron chi connectivity index (χ0n) is 14.6. The maximum Gasteiger partial charge on any atom is 0.416 e. The number of halogens is 3. The maximum atomic E-state index is 12.7. The third-order valence-corrected chi connectivity index (χ3v) is 5.24. The van der Waals surface area contributed by atoms with Crippen LogP contribution < -0.4 is 10.0 Å². The van der Waals surface area contributed by atoms with Gasteiger partial charge in [0.25, 0.3) is 0 Å². The molecule has 2 rings (SSSR count). The summed E-state index contributed by atoms with van der Waals surface area (Å²) >= 11 is 0. The van der Waals surface area contributed by atoms with Crippen molar-refractivity contribution < 1.29 is 26.4 Å². The van der Waals surface area contributed by atoms with Gasteiger partial charge in [-0.15, -0.1) is 0 Å². The number of rotatable bonds is 7. The quantitative estimate of drug-likeness (QED) is 0.742. The average molecular weight is 404 g/mol. The van der Waals surface area contributed by atoms with E-state index in [-0.39, 0.29) is 6.04 Å². The van der Waals surface area contributed by atoms with Crippen LogP contribution in [0.5, 0.6) is 0 Å². The van der Waals surface area contributed by atoms with E-state index in [9.17, 15) is 26.4 Å². The number of anilines is 1. The first-order valence-corrected chi connectivity index (χ1v) is 9.53. The Morgan fingerprint density at radius 2 is 2.00 bits per heavy atom. The summed E-state index contributed by atoms with van der Waals surface area (Å²) in [5, 5.41) is 6.61. The summed E-state index contributed by atoms with van der Waals surface area (Å²) in [6, 6.07) is 4.87. The molecule has 1 aromatic heterocycles. The van der Waals surface area contributed by atoms with Crippen molar-refractivity contribution in [2.45, 2.75) is 37.4 Å². The summed E-state index contributed by atoms with van der Waals surface area (Å²) in [7, 11) is -4.28. The number of hydrogen-bond acceptors (Lipinski definition) is 4. The van der Waals surface area contributed by atoms with Crippen molar-refractivity contribution >= 4 is 21.7 Å². The van der Waals surface area contributed by atoms with Crippen LogP contribution in [-0.2, 0) is 21.0 Å². The lowest BCUT2D eigenvalue weighted by Crippen LogP contribution is -2.33. The minimum atomic E-state index is -4.67. The second-order valence-electron chi connectivity index (χ2n) is 5.82. The molecule has 0 aliphatic carbocycles. The van der Waals surface area contributed by atoms with Gasteiger partial charge < -0.3 is 5.32 Å². The minimum Gasteiger partial charge on any atom is -0.310 e. The van der Waals surface area contributed by atoms with Crippen molar-refractivity contribution in [2.75, 3.05) is 11.9 Å². The highest BCUT2D eigenvalue weighted by molar-refractivity contribution is 7.89. The maximum absolute atomic E-state index is 12.7. The van der Waals surface area contributed by atoms with Gasteiger partial charge >= 0.3 is 6.18 Å².